The van der Waals surface area contributed by atoms with Crippen LogP contribution in [-0.4, -0.2) is 147 Å². The highest BCUT2D eigenvalue weighted by atomic mass is 16.6. The molecule has 0 aromatic rings. The molecule has 2 saturated carbocycles. The molecule has 250 valence electrons. The van der Waals surface area contributed by atoms with Crippen molar-refractivity contribution in [3.05, 3.63) is 0 Å². The standard InChI is InChI=1S/C30H58O12/c1-22(13-37-15-25(34)10-31)14-40-30(20-38-18-28(8-23-4-2-5-23)41-16-26(35)11-32)21-39-19-29(9-24-6-3-7-24)42-17-27(36)12-33/h22-36H,2-21H2,1H3. The van der Waals surface area contributed by atoms with E-state index in [2.05, 4.69) is 0 Å². The van der Waals surface area contributed by atoms with Gasteiger partial charge in [-0.2, -0.15) is 0 Å². The smallest absolute Gasteiger partial charge is 0.104 e. The first-order valence-electron chi connectivity index (χ1n) is 15.8. The minimum absolute atomic E-state index is 0.0303. The largest absolute Gasteiger partial charge is 0.394 e. The third kappa shape index (κ3) is 17.1. The van der Waals surface area contributed by atoms with Crippen molar-refractivity contribution >= 4 is 0 Å². The van der Waals surface area contributed by atoms with Crippen LogP contribution in [0.2, 0.25) is 0 Å². The highest BCUT2D eigenvalue weighted by molar-refractivity contribution is 4.76. The Hall–Kier alpha value is -0.480. The second kappa shape index (κ2) is 22.9. The summed E-state index contributed by atoms with van der Waals surface area (Å²) in [6.07, 6.45) is 5.26. The molecule has 6 unspecified atom stereocenters. The van der Waals surface area contributed by atoms with E-state index in [0.717, 1.165) is 38.5 Å². The molecule has 2 rings (SSSR count). The summed E-state index contributed by atoms with van der Waals surface area (Å²) in [5.41, 5.74) is 0. The molecule has 0 radical (unpaired) electrons. The first-order valence-corrected chi connectivity index (χ1v) is 15.8. The van der Waals surface area contributed by atoms with Gasteiger partial charge in [-0.15, -0.1) is 0 Å². The van der Waals surface area contributed by atoms with Crippen molar-refractivity contribution < 1.29 is 59.1 Å². The molecule has 0 heterocycles. The second-order valence-corrected chi connectivity index (χ2v) is 12.2. The fourth-order valence-electron chi connectivity index (χ4n) is 4.78. The lowest BCUT2D eigenvalue weighted by Crippen LogP contribution is -2.35. The summed E-state index contributed by atoms with van der Waals surface area (Å²) in [5, 5.41) is 56.2. The Morgan fingerprint density at radius 2 is 0.881 bits per heavy atom. The van der Waals surface area contributed by atoms with Crippen LogP contribution in [0.3, 0.4) is 0 Å². The Balaban J connectivity index is 1.86. The van der Waals surface area contributed by atoms with Crippen LogP contribution in [0, 0.1) is 17.8 Å². The lowest BCUT2D eigenvalue weighted by molar-refractivity contribution is -0.116. The van der Waals surface area contributed by atoms with Crippen LogP contribution in [0.15, 0.2) is 0 Å². The lowest BCUT2D eigenvalue weighted by Gasteiger charge is -2.31. The van der Waals surface area contributed by atoms with Crippen molar-refractivity contribution in [2.45, 2.75) is 94.9 Å². The molecule has 0 amide bonds. The van der Waals surface area contributed by atoms with E-state index in [0.29, 0.717) is 38.3 Å². The Bertz CT molecular complexity index is 595. The van der Waals surface area contributed by atoms with Crippen LogP contribution < -0.4 is 0 Å². The molecule has 12 nitrogen and oxygen atoms in total. The minimum Gasteiger partial charge on any atom is -0.394 e. The van der Waals surface area contributed by atoms with E-state index in [1.54, 1.807) is 0 Å². The van der Waals surface area contributed by atoms with Crippen molar-refractivity contribution in [2.24, 2.45) is 17.8 Å². The monoisotopic (exact) mass is 610 g/mol. The Morgan fingerprint density at radius 1 is 0.500 bits per heavy atom. The van der Waals surface area contributed by atoms with Gasteiger partial charge in [-0.1, -0.05) is 45.4 Å². The average Bonchev–Trinajstić information content (AvgIpc) is 2.94. The average molecular weight is 611 g/mol. The van der Waals surface area contributed by atoms with Gasteiger partial charge in [0.15, 0.2) is 0 Å². The predicted molar refractivity (Wildman–Crippen MR) is 154 cm³/mol. The lowest BCUT2D eigenvalue weighted by atomic mass is 9.81. The highest BCUT2D eigenvalue weighted by Gasteiger charge is 2.26. The summed E-state index contributed by atoms with van der Waals surface area (Å²) in [7, 11) is 0. The molecule has 0 spiro atoms. The minimum atomic E-state index is -0.922. The van der Waals surface area contributed by atoms with E-state index >= 15 is 0 Å². The van der Waals surface area contributed by atoms with Gasteiger partial charge in [-0.05, 0) is 24.7 Å². The maximum absolute atomic E-state index is 9.73. The van der Waals surface area contributed by atoms with Crippen molar-refractivity contribution in [1.82, 2.24) is 0 Å². The van der Waals surface area contributed by atoms with Crippen molar-refractivity contribution in [3.63, 3.8) is 0 Å². The summed E-state index contributed by atoms with van der Waals surface area (Å²) in [6.45, 7) is 3.00. The van der Waals surface area contributed by atoms with Gasteiger partial charge in [-0.3, -0.25) is 0 Å². The predicted octanol–water partition coefficient (Wildman–Crippen LogP) is 0.268. The maximum atomic E-state index is 9.73. The zero-order valence-electron chi connectivity index (χ0n) is 25.5. The van der Waals surface area contributed by atoms with E-state index < -0.39 is 18.3 Å². The zero-order chi connectivity index (χ0) is 30.6. The molecule has 12 heteroatoms. The number of rotatable bonds is 28. The Morgan fingerprint density at radius 3 is 1.29 bits per heavy atom. The van der Waals surface area contributed by atoms with Crippen LogP contribution in [0.25, 0.3) is 0 Å². The molecule has 2 aliphatic rings. The van der Waals surface area contributed by atoms with Crippen molar-refractivity contribution in [3.8, 4) is 0 Å². The van der Waals surface area contributed by atoms with Gasteiger partial charge in [0.2, 0.25) is 0 Å². The molecule has 0 aromatic heterocycles. The molecule has 2 aliphatic carbocycles. The van der Waals surface area contributed by atoms with Crippen molar-refractivity contribution in [1.29, 1.82) is 0 Å². The van der Waals surface area contributed by atoms with Gasteiger partial charge >= 0.3 is 0 Å². The number of hydrogen-bond acceptors (Lipinski definition) is 12. The molecule has 42 heavy (non-hydrogen) atoms. The van der Waals surface area contributed by atoms with E-state index in [1.165, 1.54) is 12.8 Å². The zero-order valence-corrected chi connectivity index (χ0v) is 25.5. The molecular formula is C30H58O12. The molecule has 2 fully saturated rings. The molecule has 0 saturated heterocycles. The topological polar surface area (TPSA) is 177 Å². The van der Waals surface area contributed by atoms with Crippen LogP contribution in [0.1, 0.15) is 58.3 Å². The van der Waals surface area contributed by atoms with Crippen LogP contribution in [-0.2, 0) is 28.4 Å². The van der Waals surface area contributed by atoms with Crippen LogP contribution in [0.4, 0.5) is 0 Å². The summed E-state index contributed by atoms with van der Waals surface area (Å²) in [6, 6.07) is 0. The maximum Gasteiger partial charge on any atom is 0.104 e. The molecule has 6 atom stereocenters. The summed E-state index contributed by atoms with van der Waals surface area (Å²) >= 11 is 0. The number of aliphatic hydroxyl groups is 6. The van der Waals surface area contributed by atoms with Crippen LogP contribution >= 0.6 is 0 Å². The van der Waals surface area contributed by atoms with Gasteiger partial charge in [0, 0.05) is 5.92 Å². The van der Waals surface area contributed by atoms with Crippen LogP contribution in [0.5, 0.6) is 0 Å². The third-order valence-electron chi connectivity index (χ3n) is 7.87. The van der Waals surface area contributed by atoms with Gasteiger partial charge in [0.05, 0.1) is 91.5 Å². The van der Waals surface area contributed by atoms with Gasteiger partial charge in [0.1, 0.15) is 24.4 Å². The normalized spacial score (nSPS) is 21.2. The van der Waals surface area contributed by atoms with E-state index in [-0.39, 0.29) is 77.1 Å². The van der Waals surface area contributed by atoms with E-state index in [9.17, 15) is 15.3 Å². The molecule has 6 N–H and O–H groups in total. The Labute approximate surface area is 251 Å². The second-order valence-electron chi connectivity index (χ2n) is 12.2. The molecule has 0 aliphatic heterocycles. The molecule has 0 bridgehead atoms. The third-order valence-corrected chi connectivity index (χ3v) is 7.87. The quantitative estimate of drug-likeness (QED) is 0.0714. The summed E-state index contributed by atoms with van der Waals surface area (Å²) < 4.78 is 35.4. The number of ether oxygens (including phenoxy) is 6. The highest BCUT2D eigenvalue weighted by Crippen LogP contribution is 2.32. The first kappa shape index (κ1) is 37.7. The SMILES string of the molecule is CC(COCC(O)CO)COC(COCC(CC1CCC1)OCC(O)CO)COCC(CC1CCC1)OCC(O)CO. The van der Waals surface area contributed by atoms with Gasteiger partial charge in [0.25, 0.3) is 0 Å². The van der Waals surface area contributed by atoms with E-state index in [4.69, 9.17) is 43.7 Å². The summed E-state index contributed by atoms with van der Waals surface area (Å²) in [5.74, 6) is 1.20. The summed E-state index contributed by atoms with van der Waals surface area (Å²) in [4.78, 5) is 0. The first-order chi connectivity index (χ1) is 20.3. The fourth-order valence-corrected chi connectivity index (χ4v) is 4.78. The van der Waals surface area contributed by atoms with E-state index in [1.807, 2.05) is 6.92 Å². The fraction of sp³-hybridized carbons (Fsp3) is 1.00. The molecular weight excluding hydrogens is 552 g/mol. The van der Waals surface area contributed by atoms with Gasteiger partial charge < -0.3 is 59.1 Å². The van der Waals surface area contributed by atoms with Gasteiger partial charge in [-0.25, -0.2) is 0 Å². The van der Waals surface area contributed by atoms with Crippen molar-refractivity contribution in [2.75, 3.05) is 79.3 Å². The number of hydrogen-bond donors (Lipinski definition) is 6. The molecule has 0 aromatic carbocycles. The number of aliphatic hydroxyl groups excluding tert-OH is 6. The Kier molecular flexibility index (Phi) is 20.6.